The predicted octanol–water partition coefficient (Wildman–Crippen LogP) is 2.69. The van der Waals surface area contributed by atoms with Gasteiger partial charge in [0.2, 0.25) is 5.91 Å². The van der Waals surface area contributed by atoms with Gasteiger partial charge < -0.3 is 10.4 Å². The second-order valence-electron chi connectivity index (χ2n) is 5.94. The van der Waals surface area contributed by atoms with Crippen molar-refractivity contribution in [2.45, 2.75) is 51.5 Å². The first-order valence-corrected chi connectivity index (χ1v) is 7.62. The molecule has 0 atom stereocenters. The van der Waals surface area contributed by atoms with E-state index in [1.165, 1.54) is 11.1 Å². The molecule has 0 heterocycles. The Kier molecular flexibility index (Phi) is 5.37. The van der Waals surface area contributed by atoms with Gasteiger partial charge in [-0.05, 0) is 44.6 Å². The number of carboxylic acids is 1. The minimum atomic E-state index is -0.709. The number of aryl methyl sites for hydroxylation is 2. The molecule has 1 aromatic carbocycles. The molecule has 2 N–H and O–H groups in total. The lowest BCUT2D eigenvalue weighted by Crippen LogP contribution is -2.38. The number of rotatable bonds is 5. The Morgan fingerprint density at radius 1 is 1.24 bits per heavy atom. The van der Waals surface area contributed by atoms with E-state index >= 15 is 0 Å². The van der Waals surface area contributed by atoms with E-state index < -0.39 is 5.97 Å². The van der Waals surface area contributed by atoms with Gasteiger partial charge >= 0.3 is 5.97 Å². The first kappa shape index (κ1) is 15.5. The zero-order valence-electron chi connectivity index (χ0n) is 12.5. The Labute approximate surface area is 125 Å². The average molecular weight is 289 g/mol. The number of hydrogen-bond donors (Lipinski definition) is 2. The van der Waals surface area contributed by atoms with Crippen LogP contribution in [0.25, 0.3) is 0 Å². The summed E-state index contributed by atoms with van der Waals surface area (Å²) in [6, 6.07) is 8.34. The number of carbonyl (C=O) groups is 2. The van der Waals surface area contributed by atoms with Gasteiger partial charge in [0, 0.05) is 12.5 Å². The van der Waals surface area contributed by atoms with Crippen LogP contribution in [0.5, 0.6) is 0 Å². The predicted molar refractivity (Wildman–Crippen MR) is 81.0 cm³/mol. The number of amides is 1. The Bertz CT molecular complexity index is 505. The van der Waals surface area contributed by atoms with Crippen LogP contribution >= 0.6 is 0 Å². The molecule has 0 unspecified atom stereocenters. The summed E-state index contributed by atoms with van der Waals surface area (Å²) in [7, 11) is 0. The van der Waals surface area contributed by atoms with Gasteiger partial charge in [-0.3, -0.25) is 9.59 Å². The molecule has 1 aliphatic carbocycles. The third kappa shape index (κ3) is 4.88. The zero-order valence-corrected chi connectivity index (χ0v) is 12.5. The summed E-state index contributed by atoms with van der Waals surface area (Å²) in [5, 5.41) is 12.0. The standard InChI is InChI=1S/C17H23NO3/c1-12-3-2-4-13(11-12)5-10-16(19)18-15-8-6-14(7-9-15)17(20)21/h2-4,11,14-15H,5-10H2,1H3,(H,18,19)(H,20,21). The van der Waals surface area contributed by atoms with Gasteiger partial charge in [-0.15, -0.1) is 0 Å². The van der Waals surface area contributed by atoms with Crippen LogP contribution < -0.4 is 5.32 Å². The minimum Gasteiger partial charge on any atom is -0.481 e. The highest BCUT2D eigenvalue weighted by Gasteiger charge is 2.26. The van der Waals surface area contributed by atoms with Crippen LogP contribution in [-0.2, 0) is 16.0 Å². The maximum absolute atomic E-state index is 12.0. The van der Waals surface area contributed by atoms with E-state index in [9.17, 15) is 9.59 Å². The van der Waals surface area contributed by atoms with Crippen molar-refractivity contribution >= 4 is 11.9 Å². The van der Waals surface area contributed by atoms with Gasteiger partial charge in [-0.2, -0.15) is 0 Å². The molecule has 1 saturated carbocycles. The van der Waals surface area contributed by atoms with E-state index in [-0.39, 0.29) is 17.9 Å². The van der Waals surface area contributed by atoms with Crippen LogP contribution in [0, 0.1) is 12.8 Å². The molecule has 2 rings (SSSR count). The lowest BCUT2D eigenvalue weighted by atomic mass is 9.86. The first-order chi connectivity index (χ1) is 10.0. The van der Waals surface area contributed by atoms with Gasteiger partial charge in [0.1, 0.15) is 0 Å². The topological polar surface area (TPSA) is 66.4 Å². The van der Waals surface area contributed by atoms with E-state index in [2.05, 4.69) is 11.4 Å². The minimum absolute atomic E-state index is 0.0651. The van der Waals surface area contributed by atoms with Gasteiger partial charge in [-0.25, -0.2) is 0 Å². The molecule has 21 heavy (non-hydrogen) atoms. The van der Waals surface area contributed by atoms with E-state index in [0.717, 1.165) is 19.3 Å². The molecule has 4 nitrogen and oxygen atoms in total. The molecule has 1 amide bonds. The molecule has 0 aromatic heterocycles. The number of benzene rings is 1. The first-order valence-electron chi connectivity index (χ1n) is 7.62. The molecular formula is C17H23NO3. The van der Waals surface area contributed by atoms with Crippen LogP contribution in [0.1, 0.15) is 43.2 Å². The maximum atomic E-state index is 12.0. The SMILES string of the molecule is Cc1cccc(CCC(=O)NC2CCC(C(=O)O)CC2)c1. The van der Waals surface area contributed by atoms with Crippen molar-refractivity contribution in [2.24, 2.45) is 5.92 Å². The van der Waals surface area contributed by atoms with Crippen LogP contribution in [0.2, 0.25) is 0 Å². The number of hydrogen-bond acceptors (Lipinski definition) is 2. The third-order valence-corrected chi connectivity index (χ3v) is 4.16. The summed E-state index contributed by atoms with van der Waals surface area (Å²) in [5.41, 5.74) is 2.39. The molecule has 0 saturated heterocycles. The van der Waals surface area contributed by atoms with E-state index in [1.54, 1.807) is 0 Å². The van der Waals surface area contributed by atoms with Crippen molar-refractivity contribution in [2.75, 3.05) is 0 Å². The van der Waals surface area contributed by atoms with Crippen molar-refractivity contribution in [3.05, 3.63) is 35.4 Å². The van der Waals surface area contributed by atoms with Crippen molar-refractivity contribution in [3.63, 3.8) is 0 Å². The Morgan fingerprint density at radius 2 is 1.95 bits per heavy atom. The van der Waals surface area contributed by atoms with Crippen molar-refractivity contribution < 1.29 is 14.7 Å². The average Bonchev–Trinajstić information content (AvgIpc) is 2.46. The molecular weight excluding hydrogens is 266 g/mol. The summed E-state index contributed by atoms with van der Waals surface area (Å²) in [6.45, 7) is 2.05. The number of nitrogens with one attached hydrogen (secondary N) is 1. The molecule has 0 spiro atoms. The quantitative estimate of drug-likeness (QED) is 0.876. The van der Waals surface area contributed by atoms with Crippen LogP contribution in [0.15, 0.2) is 24.3 Å². The lowest BCUT2D eigenvalue weighted by Gasteiger charge is -2.26. The molecule has 4 heteroatoms. The van der Waals surface area contributed by atoms with Gasteiger partial charge in [0.05, 0.1) is 5.92 Å². The Morgan fingerprint density at radius 3 is 2.57 bits per heavy atom. The molecule has 0 aliphatic heterocycles. The number of carbonyl (C=O) groups excluding carboxylic acids is 1. The number of carboxylic acid groups (broad SMARTS) is 1. The van der Waals surface area contributed by atoms with Crippen molar-refractivity contribution in [1.82, 2.24) is 5.32 Å². The fourth-order valence-electron chi connectivity index (χ4n) is 2.91. The summed E-state index contributed by atoms with van der Waals surface area (Å²) in [5.74, 6) is -0.875. The Balaban J connectivity index is 1.72. The van der Waals surface area contributed by atoms with Crippen molar-refractivity contribution in [1.29, 1.82) is 0 Å². The monoisotopic (exact) mass is 289 g/mol. The van der Waals surface area contributed by atoms with Crippen LogP contribution in [-0.4, -0.2) is 23.0 Å². The molecule has 0 radical (unpaired) electrons. The summed E-state index contributed by atoms with van der Waals surface area (Å²) in [6.07, 6.45) is 4.11. The lowest BCUT2D eigenvalue weighted by molar-refractivity contribution is -0.142. The maximum Gasteiger partial charge on any atom is 0.306 e. The van der Waals surface area contributed by atoms with Gasteiger partial charge in [0.25, 0.3) is 0 Å². The highest BCUT2D eigenvalue weighted by atomic mass is 16.4. The molecule has 1 aliphatic rings. The second kappa shape index (κ2) is 7.25. The van der Waals surface area contributed by atoms with Crippen LogP contribution in [0.4, 0.5) is 0 Å². The third-order valence-electron chi connectivity index (χ3n) is 4.16. The van der Waals surface area contributed by atoms with Crippen molar-refractivity contribution in [3.8, 4) is 0 Å². The fourth-order valence-corrected chi connectivity index (χ4v) is 2.91. The highest BCUT2D eigenvalue weighted by molar-refractivity contribution is 5.76. The highest BCUT2D eigenvalue weighted by Crippen LogP contribution is 2.24. The van der Waals surface area contributed by atoms with Gasteiger partial charge in [0.15, 0.2) is 0 Å². The molecule has 114 valence electrons. The molecule has 0 bridgehead atoms. The van der Waals surface area contributed by atoms with Crippen LogP contribution in [0.3, 0.4) is 0 Å². The van der Waals surface area contributed by atoms with Gasteiger partial charge in [-0.1, -0.05) is 29.8 Å². The van der Waals surface area contributed by atoms with E-state index in [0.29, 0.717) is 19.3 Å². The summed E-state index contributed by atoms with van der Waals surface area (Å²) in [4.78, 5) is 22.8. The summed E-state index contributed by atoms with van der Waals surface area (Å²) < 4.78 is 0. The smallest absolute Gasteiger partial charge is 0.306 e. The van der Waals surface area contributed by atoms with E-state index in [4.69, 9.17) is 5.11 Å². The normalized spacial score (nSPS) is 21.8. The summed E-state index contributed by atoms with van der Waals surface area (Å²) >= 11 is 0. The largest absolute Gasteiger partial charge is 0.481 e. The number of aliphatic carboxylic acids is 1. The van der Waals surface area contributed by atoms with E-state index in [1.807, 2.05) is 25.1 Å². The second-order valence-corrected chi connectivity index (χ2v) is 5.94. The zero-order chi connectivity index (χ0) is 15.2. The fraction of sp³-hybridized carbons (Fsp3) is 0.529. The molecule has 1 fully saturated rings. The molecule has 1 aromatic rings. The Hall–Kier alpha value is -1.84.